The molecule has 1 aliphatic heterocycles. The van der Waals surface area contributed by atoms with Crippen molar-refractivity contribution in [3.63, 3.8) is 0 Å². The number of rotatable bonds is 6. The van der Waals surface area contributed by atoms with Crippen molar-refractivity contribution in [3.05, 3.63) is 32.5 Å². The average molecular weight is 390 g/mol. The van der Waals surface area contributed by atoms with E-state index in [0.29, 0.717) is 23.7 Å². The van der Waals surface area contributed by atoms with Crippen LogP contribution in [0, 0.1) is 0 Å². The second kappa shape index (κ2) is 8.01. The van der Waals surface area contributed by atoms with Gasteiger partial charge in [0.25, 0.3) is 5.56 Å². The molecular formula is C18H26N6O4. The van der Waals surface area contributed by atoms with Crippen molar-refractivity contribution in [2.24, 2.45) is 7.05 Å². The first-order chi connectivity index (χ1) is 13.3. The molecule has 0 bridgehead atoms. The Morgan fingerprint density at radius 2 is 1.89 bits per heavy atom. The standard InChI is InChI=1S/C18H26N6O4/c1-12(2)4-8-23-14-15(20-17(23)22-10-6-19-7-11-22)21(3)18(28)24(16(14)27)9-5-13(25)26/h4,19H,5-11H2,1-3H3,(H,25,26). The summed E-state index contributed by atoms with van der Waals surface area (Å²) in [5.41, 5.74) is 0.674. The SMILES string of the molecule is CC(C)=CCn1c(N2CCNCC2)nc2c1c(=O)n(CCC(=O)O)c(=O)n2C. The van der Waals surface area contributed by atoms with Crippen molar-refractivity contribution in [1.82, 2.24) is 24.0 Å². The molecule has 0 unspecified atom stereocenters. The van der Waals surface area contributed by atoms with Crippen LogP contribution in [-0.4, -0.2) is 55.9 Å². The monoisotopic (exact) mass is 390 g/mol. The fourth-order valence-electron chi connectivity index (χ4n) is 3.32. The van der Waals surface area contributed by atoms with E-state index < -0.39 is 17.2 Å². The Balaban J connectivity index is 2.25. The second-order valence-electron chi connectivity index (χ2n) is 7.16. The molecule has 1 fully saturated rings. The van der Waals surface area contributed by atoms with Crippen LogP contribution in [0.25, 0.3) is 11.2 Å². The summed E-state index contributed by atoms with van der Waals surface area (Å²) in [6.45, 7) is 7.35. The molecule has 28 heavy (non-hydrogen) atoms. The van der Waals surface area contributed by atoms with Crippen LogP contribution in [0.3, 0.4) is 0 Å². The predicted octanol–water partition coefficient (Wildman–Crippen LogP) is -0.253. The summed E-state index contributed by atoms with van der Waals surface area (Å²) < 4.78 is 4.13. The summed E-state index contributed by atoms with van der Waals surface area (Å²) in [5.74, 6) is -0.411. The number of aliphatic carboxylic acids is 1. The van der Waals surface area contributed by atoms with Gasteiger partial charge in [-0.3, -0.25) is 18.7 Å². The minimum absolute atomic E-state index is 0.173. The fraction of sp³-hybridized carbons (Fsp3) is 0.556. The fourth-order valence-corrected chi connectivity index (χ4v) is 3.32. The largest absolute Gasteiger partial charge is 0.481 e. The van der Waals surface area contributed by atoms with E-state index in [9.17, 15) is 14.4 Å². The first kappa shape index (κ1) is 19.9. The second-order valence-corrected chi connectivity index (χ2v) is 7.16. The zero-order valence-corrected chi connectivity index (χ0v) is 16.4. The Morgan fingerprint density at radius 3 is 2.50 bits per heavy atom. The van der Waals surface area contributed by atoms with Crippen LogP contribution in [0.1, 0.15) is 20.3 Å². The number of aromatic nitrogens is 4. The quantitative estimate of drug-likeness (QED) is 0.654. The van der Waals surface area contributed by atoms with Gasteiger partial charge in [-0.1, -0.05) is 11.6 Å². The number of piperazine rings is 1. The van der Waals surface area contributed by atoms with E-state index in [4.69, 9.17) is 5.11 Å². The molecular weight excluding hydrogens is 364 g/mol. The number of hydrogen-bond donors (Lipinski definition) is 2. The van der Waals surface area contributed by atoms with Crippen LogP contribution in [0.2, 0.25) is 0 Å². The van der Waals surface area contributed by atoms with Gasteiger partial charge in [-0.2, -0.15) is 4.98 Å². The van der Waals surface area contributed by atoms with E-state index in [1.165, 1.54) is 4.57 Å². The van der Waals surface area contributed by atoms with E-state index in [-0.39, 0.29) is 13.0 Å². The number of nitrogens with zero attached hydrogens (tertiary/aromatic N) is 5. The molecule has 0 atom stereocenters. The number of carboxylic acid groups (broad SMARTS) is 1. The summed E-state index contributed by atoms with van der Waals surface area (Å²) in [6, 6.07) is 0. The smallest absolute Gasteiger partial charge is 0.332 e. The molecule has 1 saturated heterocycles. The Morgan fingerprint density at radius 1 is 1.21 bits per heavy atom. The summed E-state index contributed by atoms with van der Waals surface area (Å²) in [5, 5.41) is 12.2. The zero-order valence-electron chi connectivity index (χ0n) is 16.4. The molecule has 0 aromatic carbocycles. The highest BCUT2D eigenvalue weighted by molar-refractivity contribution is 5.75. The molecule has 0 saturated carbocycles. The molecule has 152 valence electrons. The Bertz CT molecular complexity index is 1030. The molecule has 3 heterocycles. The summed E-state index contributed by atoms with van der Waals surface area (Å²) in [6.07, 6.45) is 1.70. The van der Waals surface area contributed by atoms with Gasteiger partial charge in [-0.05, 0) is 13.8 Å². The topological polar surface area (TPSA) is 114 Å². The van der Waals surface area contributed by atoms with Gasteiger partial charge in [0.05, 0.1) is 6.42 Å². The third-order valence-electron chi connectivity index (χ3n) is 4.84. The van der Waals surface area contributed by atoms with Crippen LogP contribution in [-0.2, 0) is 24.9 Å². The van der Waals surface area contributed by atoms with Gasteiger partial charge >= 0.3 is 11.7 Å². The molecule has 0 aliphatic carbocycles. The molecule has 10 heteroatoms. The van der Waals surface area contributed by atoms with Gasteiger partial charge in [-0.25, -0.2) is 4.79 Å². The maximum atomic E-state index is 13.1. The molecule has 1 aliphatic rings. The third-order valence-corrected chi connectivity index (χ3v) is 4.84. The van der Waals surface area contributed by atoms with Crippen LogP contribution < -0.4 is 21.5 Å². The number of allylic oxidation sites excluding steroid dienone is 2. The number of carboxylic acids is 1. The maximum absolute atomic E-state index is 13.1. The molecule has 10 nitrogen and oxygen atoms in total. The Hall–Kier alpha value is -2.88. The van der Waals surface area contributed by atoms with Crippen LogP contribution >= 0.6 is 0 Å². The molecule has 0 radical (unpaired) electrons. The molecule has 2 aromatic rings. The summed E-state index contributed by atoms with van der Waals surface area (Å²) in [7, 11) is 1.56. The van der Waals surface area contributed by atoms with Gasteiger partial charge in [-0.15, -0.1) is 0 Å². The van der Waals surface area contributed by atoms with Crippen molar-refractivity contribution in [1.29, 1.82) is 0 Å². The van der Waals surface area contributed by atoms with E-state index in [1.807, 2.05) is 24.5 Å². The normalized spacial score (nSPS) is 14.5. The first-order valence-corrected chi connectivity index (χ1v) is 9.32. The number of imidazole rings is 1. The number of aryl methyl sites for hydroxylation is 1. The first-order valence-electron chi connectivity index (χ1n) is 9.32. The lowest BCUT2D eigenvalue weighted by Gasteiger charge is -2.28. The van der Waals surface area contributed by atoms with Gasteiger partial charge in [0.1, 0.15) is 0 Å². The number of nitrogens with one attached hydrogen (secondary N) is 1. The van der Waals surface area contributed by atoms with Crippen LogP contribution in [0.4, 0.5) is 5.95 Å². The van der Waals surface area contributed by atoms with Crippen molar-refractivity contribution in [2.75, 3.05) is 31.1 Å². The van der Waals surface area contributed by atoms with Crippen molar-refractivity contribution < 1.29 is 9.90 Å². The molecule has 3 rings (SSSR count). The number of hydrogen-bond acceptors (Lipinski definition) is 6. The van der Waals surface area contributed by atoms with E-state index in [0.717, 1.165) is 36.3 Å². The minimum atomic E-state index is -1.06. The van der Waals surface area contributed by atoms with E-state index >= 15 is 0 Å². The number of fused-ring (bicyclic) bond motifs is 1. The van der Waals surface area contributed by atoms with E-state index in [2.05, 4.69) is 15.2 Å². The minimum Gasteiger partial charge on any atom is -0.481 e. The number of anilines is 1. The Kier molecular flexibility index (Phi) is 5.68. The van der Waals surface area contributed by atoms with Gasteiger partial charge in [0, 0.05) is 46.3 Å². The highest BCUT2D eigenvalue weighted by Gasteiger charge is 2.24. The lowest BCUT2D eigenvalue weighted by molar-refractivity contribution is -0.137. The van der Waals surface area contributed by atoms with Crippen molar-refractivity contribution in [2.45, 2.75) is 33.4 Å². The zero-order chi connectivity index (χ0) is 20.4. The van der Waals surface area contributed by atoms with Crippen LogP contribution in [0.5, 0.6) is 0 Å². The Labute approximate surface area is 161 Å². The molecule has 2 N–H and O–H groups in total. The highest BCUT2D eigenvalue weighted by Crippen LogP contribution is 2.20. The highest BCUT2D eigenvalue weighted by atomic mass is 16.4. The van der Waals surface area contributed by atoms with Gasteiger partial charge < -0.3 is 19.9 Å². The number of carbonyl (C=O) groups is 1. The average Bonchev–Trinajstić information content (AvgIpc) is 3.05. The van der Waals surface area contributed by atoms with Crippen molar-refractivity contribution >= 4 is 23.1 Å². The van der Waals surface area contributed by atoms with E-state index in [1.54, 1.807) is 7.05 Å². The van der Waals surface area contributed by atoms with Crippen molar-refractivity contribution in [3.8, 4) is 0 Å². The summed E-state index contributed by atoms with van der Waals surface area (Å²) >= 11 is 0. The van der Waals surface area contributed by atoms with Crippen LogP contribution in [0.15, 0.2) is 21.2 Å². The summed E-state index contributed by atoms with van der Waals surface area (Å²) in [4.78, 5) is 43.4. The molecule has 2 aromatic heterocycles. The predicted molar refractivity (Wildman–Crippen MR) is 106 cm³/mol. The molecule has 0 amide bonds. The lowest BCUT2D eigenvalue weighted by Crippen LogP contribution is -2.44. The third kappa shape index (κ3) is 3.72. The van der Waals surface area contributed by atoms with Gasteiger partial charge in [0.15, 0.2) is 11.2 Å². The van der Waals surface area contributed by atoms with Gasteiger partial charge in [0.2, 0.25) is 5.95 Å². The maximum Gasteiger partial charge on any atom is 0.332 e. The molecule has 0 spiro atoms. The lowest BCUT2D eigenvalue weighted by atomic mass is 10.3.